The maximum absolute atomic E-state index is 10.7. The summed E-state index contributed by atoms with van der Waals surface area (Å²) in [7, 11) is 0. The second-order valence-electron chi connectivity index (χ2n) is 5.08. The van der Waals surface area contributed by atoms with E-state index in [1.165, 1.54) is 5.56 Å². The van der Waals surface area contributed by atoms with Gasteiger partial charge in [-0.3, -0.25) is 9.89 Å². The molecule has 2 aromatic rings. The van der Waals surface area contributed by atoms with Gasteiger partial charge in [0.05, 0.1) is 12.1 Å². The summed E-state index contributed by atoms with van der Waals surface area (Å²) in [6.07, 6.45) is -0.0318. The Morgan fingerprint density at radius 2 is 2.11 bits per heavy atom. The van der Waals surface area contributed by atoms with Crippen LogP contribution in [0.5, 0.6) is 0 Å². The first-order valence-corrected chi connectivity index (χ1v) is 6.34. The molecule has 0 spiro atoms. The fourth-order valence-corrected chi connectivity index (χ4v) is 2.03. The first-order chi connectivity index (χ1) is 8.97. The molecule has 1 aromatic carbocycles. The first-order valence-electron chi connectivity index (χ1n) is 6.34. The Labute approximate surface area is 112 Å². The zero-order valence-corrected chi connectivity index (χ0v) is 11.4. The third-order valence-electron chi connectivity index (χ3n) is 3.18. The molecule has 0 aliphatic heterocycles. The lowest BCUT2D eigenvalue weighted by Crippen LogP contribution is -1.99. The van der Waals surface area contributed by atoms with Gasteiger partial charge < -0.3 is 5.11 Å². The van der Waals surface area contributed by atoms with E-state index < -0.39 is 5.97 Å². The molecule has 0 aliphatic carbocycles. The molecule has 0 saturated carbocycles. The molecule has 0 atom stereocenters. The van der Waals surface area contributed by atoms with Crippen molar-refractivity contribution < 1.29 is 9.90 Å². The van der Waals surface area contributed by atoms with Crippen LogP contribution in [0.3, 0.4) is 0 Å². The number of hydrogen-bond acceptors (Lipinski definition) is 2. The molecule has 100 valence electrons. The predicted octanol–water partition coefficient (Wildman–Crippen LogP) is 3.14. The van der Waals surface area contributed by atoms with Crippen molar-refractivity contribution >= 4 is 5.97 Å². The fraction of sp³-hybridized carbons (Fsp3) is 0.333. The van der Waals surface area contributed by atoms with Crippen LogP contribution in [0.25, 0.3) is 11.3 Å². The summed E-state index contributed by atoms with van der Waals surface area (Å²) in [6.45, 7) is 6.33. The molecule has 1 heterocycles. The van der Waals surface area contributed by atoms with E-state index in [9.17, 15) is 4.79 Å². The van der Waals surface area contributed by atoms with Crippen LogP contribution in [-0.2, 0) is 11.2 Å². The minimum Gasteiger partial charge on any atom is -0.481 e. The lowest BCUT2D eigenvalue weighted by molar-refractivity contribution is -0.136. The summed E-state index contributed by atoms with van der Waals surface area (Å²) in [5, 5.41) is 15.8. The van der Waals surface area contributed by atoms with Crippen molar-refractivity contribution in [3.05, 3.63) is 41.1 Å². The molecular formula is C15H18N2O2. The Kier molecular flexibility index (Phi) is 3.69. The number of aryl methyl sites for hydroxylation is 1. The van der Waals surface area contributed by atoms with Gasteiger partial charge in [-0.1, -0.05) is 26.0 Å². The molecule has 19 heavy (non-hydrogen) atoms. The number of benzene rings is 1. The van der Waals surface area contributed by atoms with E-state index in [4.69, 9.17) is 5.11 Å². The lowest BCUT2D eigenvalue weighted by atomic mass is 9.96. The molecule has 4 heteroatoms. The van der Waals surface area contributed by atoms with Crippen LogP contribution in [-0.4, -0.2) is 21.3 Å². The van der Waals surface area contributed by atoms with E-state index in [0.29, 0.717) is 11.6 Å². The molecule has 2 rings (SSSR count). The second kappa shape index (κ2) is 5.26. The van der Waals surface area contributed by atoms with Gasteiger partial charge in [-0.05, 0) is 36.1 Å². The number of H-pyrrole nitrogens is 1. The molecule has 0 fully saturated rings. The fourth-order valence-electron chi connectivity index (χ4n) is 2.03. The number of nitrogens with one attached hydrogen (secondary N) is 1. The third-order valence-corrected chi connectivity index (χ3v) is 3.18. The molecule has 0 unspecified atom stereocenters. The molecule has 0 amide bonds. The molecule has 2 N–H and O–H groups in total. The second-order valence-corrected chi connectivity index (χ2v) is 5.08. The Hall–Kier alpha value is -2.10. The van der Waals surface area contributed by atoms with Crippen molar-refractivity contribution in [3.8, 4) is 11.3 Å². The van der Waals surface area contributed by atoms with Crippen LogP contribution in [0, 0.1) is 6.92 Å². The number of carbonyl (C=O) groups is 1. The van der Waals surface area contributed by atoms with E-state index in [1.54, 1.807) is 6.07 Å². The Morgan fingerprint density at radius 1 is 1.37 bits per heavy atom. The Morgan fingerprint density at radius 3 is 2.74 bits per heavy atom. The van der Waals surface area contributed by atoms with Gasteiger partial charge in [-0.25, -0.2) is 0 Å². The standard InChI is InChI=1S/C15H18N2O2/c1-9(2)11-5-4-10(3)13(6-11)14-7-12(16-17-14)8-15(18)19/h4-7,9H,8H2,1-3H3,(H,16,17)(H,18,19). The largest absolute Gasteiger partial charge is 0.481 e. The summed E-state index contributed by atoms with van der Waals surface area (Å²) < 4.78 is 0. The van der Waals surface area contributed by atoms with Crippen LogP contribution in [0.2, 0.25) is 0 Å². The number of carboxylic acids is 1. The summed E-state index contributed by atoms with van der Waals surface area (Å²) in [5.41, 5.74) is 4.87. The minimum atomic E-state index is -0.858. The Bertz CT molecular complexity index is 600. The van der Waals surface area contributed by atoms with Crippen LogP contribution >= 0.6 is 0 Å². The van der Waals surface area contributed by atoms with Gasteiger partial charge in [0.25, 0.3) is 0 Å². The van der Waals surface area contributed by atoms with Crippen molar-refractivity contribution in [3.63, 3.8) is 0 Å². The number of rotatable bonds is 4. The maximum atomic E-state index is 10.7. The lowest BCUT2D eigenvalue weighted by Gasteiger charge is -2.09. The van der Waals surface area contributed by atoms with Crippen LogP contribution in [0.4, 0.5) is 0 Å². The van der Waals surface area contributed by atoms with E-state index in [0.717, 1.165) is 16.8 Å². The highest BCUT2D eigenvalue weighted by Gasteiger charge is 2.10. The number of aliphatic carboxylic acids is 1. The summed E-state index contributed by atoms with van der Waals surface area (Å²) in [6, 6.07) is 8.13. The van der Waals surface area contributed by atoms with Crippen LogP contribution in [0.1, 0.15) is 36.6 Å². The average Bonchev–Trinajstić information content (AvgIpc) is 2.76. The van der Waals surface area contributed by atoms with Gasteiger partial charge in [0.2, 0.25) is 0 Å². The highest BCUT2D eigenvalue weighted by Crippen LogP contribution is 2.26. The molecule has 0 aliphatic rings. The van der Waals surface area contributed by atoms with Crippen LogP contribution < -0.4 is 0 Å². The van der Waals surface area contributed by atoms with Gasteiger partial charge in [-0.2, -0.15) is 5.10 Å². The monoisotopic (exact) mass is 258 g/mol. The van der Waals surface area contributed by atoms with Crippen molar-refractivity contribution in [2.45, 2.75) is 33.1 Å². The third kappa shape index (κ3) is 3.02. The van der Waals surface area contributed by atoms with E-state index in [2.05, 4.69) is 42.2 Å². The quantitative estimate of drug-likeness (QED) is 0.885. The van der Waals surface area contributed by atoms with Gasteiger partial charge in [0.15, 0.2) is 0 Å². The van der Waals surface area contributed by atoms with Crippen LogP contribution in [0.15, 0.2) is 24.3 Å². The van der Waals surface area contributed by atoms with Crippen molar-refractivity contribution in [2.75, 3.05) is 0 Å². The SMILES string of the molecule is Cc1ccc(C(C)C)cc1-c1cc(CC(=O)O)[nH]n1. The van der Waals surface area contributed by atoms with Gasteiger partial charge in [0.1, 0.15) is 0 Å². The Balaban J connectivity index is 2.37. The zero-order valence-electron chi connectivity index (χ0n) is 11.4. The summed E-state index contributed by atoms with van der Waals surface area (Å²) in [4.78, 5) is 10.7. The zero-order chi connectivity index (χ0) is 14.0. The molecule has 0 radical (unpaired) electrons. The molecule has 1 aromatic heterocycles. The normalized spacial score (nSPS) is 10.9. The maximum Gasteiger partial charge on any atom is 0.309 e. The van der Waals surface area contributed by atoms with Crippen molar-refractivity contribution in [2.24, 2.45) is 0 Å². The van der Waals surface area contributed by atoms with E-state index >= 15 is 0 Å². The van der Waals surface area contributed by atoms with Crippen molar-refractivity contribution in [1.82, 2.24) is 10.2 Å². The van der Waals surface area contributed by atoms with Gasteiger partial charge in [0, 0.05) is 11.3 Å². The number of hydrogen-bond donors (Lipinski definition) is 2. The number of nitrogens with zero attached hydrogens (tertiary/aromatic N) is 1. The van der Waals surface area contributed by atoms with Crippen molar-refractivity contribution in [1.29, 1.82) is 0 Å². The first kappa shape index (κ1) is 13.3. The molecule has 0 saturated heterocycles. The molecule has 0 bridgehead atoms. The van der Waals surface area contributed by atoms with Gasteiger partial charge >= 0.3 is 5.97 Å². The van der Waals surface area contributed by atoms with E-state index in [-0.39, 0.29) is 6.42 Å². The number of aromatic nitrogens is 2. The predicted molar refractivity (Wildman–Crippen MR) is 74.2 cm³/mol. The van der Waals surface area contributed by atoms with E-state index in [1.807, 2.05) is 6.92 Å². The average molecular weight is 258 g/mol. The number of carboxylic acid groups (broad SMARTS) is 1. The minimum absolute atomic E-state index is 0.0318. The summed E-state index contributed by atoms with van der Waals surface area (Å²) in [5.74, 6) is -0.403. The smallest absolute Gasteiger partial charge is 0.309 e. The highest BCUT2D eigenvalue weighted by molar-refractivity contribution is 5.71. The molecule has 4 nitrogen and oxygen atoms in total. The summed E-state index contributed by atoms with van der Waals surface area (Å²) >= 11 is 0. The number of aromatic amines is 1. The topological polar surface area (TPSA) is 66.0 Å². The van der Waals surface area contributed by atoms with Gasteiger partial charge in [-0.15, -0.1) is 0 Å². The molecular weight excluding hydrogens is 240 g/mol. The highest BCUT2D eigenvalue weighted by atomic mass is 16.4.